The highest BCUT2D eigenvalue weighted by molar-refractivity contribution is 5.10. The van der Waals surface area contributed by atoms with Crippen LogP contribution in [0.1, 0.15) is 46.0 Å². The minimum Gasteiger partial charge on any atom is -0.0988 e. The van der Waals surface area contributed by atoms with E-state index in [4.69, 9.17) is 0 Å². The maximum absolute atomic E-state index is 3.92. The summed E-state index contributed by atoms with van der Waals surface area (Å²) in [6, 6.07) is 0. The molecule has 0 fully saturated rings. The predicted octanol–water partition coefficient (Wildman–Crippen LogP) is 4.34. The summed E-state index contributed by atoms with van der Waals surface area (Å²) in [5, 5.41) is 0. The largest absolute Gasteiger partial charge is 0.0988 e. The third-order valence-corrected chi connectivity index (χ3v) is 2.44. The van der Waals surface area contributed by atoms with Crippen LogP contribution in [-0.4, -0.2) is 0 Å². The van der Waals surface area contributed by atoms with Crippen LogP contribution in [0.15, 0.2) is 24.8 Å². The maximum Gasteiger partial charge on any atom is -0.0282 e. The van der Waals surface area contributed by atoms with Crippen LogP contribution in [0.5, 0.6) is 0 Å². The Balaban J connectivity index is 3.56. The summed E-state index contributed by atoms with van der Waals surface area (Å²) in [6.07, 6.45) is 8.26. The molecule has 1 unspecified atom stereocenters. The molecule has 0 spiro atoms. The quantitative estimate of drug-likeness (QED) is 0.494. The highest BCUT2D eigenvalue weighted by Crippen LogP contribution is 2.19. The van der Waals surface area contributed by atoms with Gasteiger partial charge in [-0.15, -0.1) is 0 Å². The molecule has 70 valence electrons. The molecule has 0 heteroatoms. The van der Waals surface area contributed by atoms with Crippen molar-refractivity contribution < 1.29 is 0 Å². The molecule has 0 bridgehead atoms. The number of rotatable bonds is 7. The molecule has 0 radical (unpaired) electrons. The summed E-state index contributed by atoms with van der Waals surface area (Å²) >= 11 is 0. The molecule has 0 heterocycles. The highest BCUT2D eigenvalue weighted by Gasteiger charge is 2.04. The second-order valence-corrected chi connectivity index (χ2v) is 3.46. The van der Waals surface area contributed by atoms with E-state index < -0.39 is 0 Å². The van der Waals surface area contributed by atoms with Crippen molar-refractivity contribution in [2.75, 3.05) is 0 Å². The van der Waals surface area contributed by atoms with Gasteiger partial charge in [0.05, 0.1) is 0 Å². The van der Waals surface area contributed by atoms with E-state index in [1.807, 2.05) is 6.08 Å². The van der Waals surface area contributed by atoms with Crippen molar-refractivity contribution in [2.45, 2.75) is 46.0 Å². The lowest BCUT2D eigenvalue weighted by Crippen LogP contribution is -1.98. The molecule has 1 atom stereocenters. The van der Waals surface area contributed by atoms with Crippen molar-refractivity contribution in [1.29, 1.82) is 0 Å². The first-order valence-electron chi connectivity index (χ1n) is 5.04. The monoisotopic (exact) mass is 166 g/mol. The van der Waals surface area contributed by atoms with Crippen LogP contribution in [0.4, 0.5) is 0 Å². The average molecular weight is 166 g/mol. The van der Waals surface area contributed by atoms with Gasteiger partial charge in [-0.05, 0) is 18.8 Å². The van der Waals surface area contributed by atoms with Gasteiger partial charge in [0.15, 0.2) is 0 Å². The molecule has 0 saturated heterocycles. The van der Waals surface area contributed by atoms with Crippen LogP contribution in [-0.2, 0) is 0 Å². The minimum atomic E-state index is 0.895. The molecule has 0 N–H and O–H groups in total. The van der Waals surface area contributed by atoms with Crippen molar-refractivity contribution in [3.63, 3.8) is 0 Å². The highest BCUT2D eigenvalue weighted by atomic mass is 14.1. The molecule has 0 rings (SSSR count). The first-order valence-corrected chi connectivity index (χ1v) is 5.04. The van der Waals surface area contributed by atoms with Gasteiger partial charge in [-0.3, -0.25) is 0 Å². The lowest BCUT2D eigenvalue weighted by molar-refractivity contribution is 0.433. The molecule has 0 aliphatic rings. The molecule has 0 aromatic carbocycles. The van der Waals surface area contributed by atoms with Gasteiger partial charge in [0, 0.05) is 0 Å². The number of allylic oxidation sites excluding steroid dienone is 2. The zero-order valence-electron chi connectivity index (χ0n) is 8.60. The molecule has 0 saturated carbocycles. The molecule has 0 nitrogen and oxygen atoms in total. The van der Waals surface area contributed by atoms with Gasteiger partial charge < -0.3 is 0 Å². The van der Waals surface area contributed by atoms with Crippen LogP contribution in [0, 0.1) is 5.92 Å². The van der Waals surface area contributed by atoms with E-state index in [1.165, 1.54) is 31.3 Å². The lowest BCUT2D eigenvalue weighted by atomic mass is 9.93. The third kappa shape index (κ3) is 5.17. The van der Waals surface area contributed by atoms with Crippen LogP contribution in [0.3, 0.4) is 0 Å². The van der Waals surface area contributed by atoms with E-state index in [9.17, 15) is 0 Å². The van der Waals surface area contributed by atoms with Crippen LogP contribution in [0.25, 0.3) is 0 Å². The van der Waals surface area contributed by atoms with Crippen LogP contribution < -0.4 is 0 Å². The minimum absolute atomic E-state index is 0.895. The summed E-state index contributed by atoms with van der Waals surface area (Å²) in [7, 11) is 0. The van der Waals surface area contributed by atoms with E-state index >= 15 is 0 Å². The topological polar surface area (TPSA) is 0 Å². The Labute approximate surface area is 77.4 Å². The van der Waals surface area contributed by atoms with Crippen LogP contribution in [0.2, 0.25) is 0 Å². The molecule has 12 heavy (non-hydrogen) atoms. The van der Waals surface area contributed by atoms with Gasteiger partial charge in [-0.2, -0.15) is 0 Å². The summed E-state index contributed by atoms with van der Waals surface area (Å²) in [5.41, 5.74) is 1.18. The Bertz CT molecular complexity index is 133. The summed E-state index contributed by atoms with van der Waals surface area (Å²) in [4.78, 5) is 0. The molecule has 0 aliphatic carbocycles. The first kappa shape index (κ1) is 11.5. The molecule has 0 aromatic rings. The number of hydrogen-bond acceptors (Lipinski definition) is 0. The Morgan fingerprint density at radius 3 is 2.42 bits per heavy atom. The van der Waals surface area contributed by atoms with Gasteiger partial charge in [-0.25, -0.2) is 0 Å². The molecule has 0 amide bonds. The van der Waals surface area contributed by atoms with Gasteiger partial charge >= 0.3 is 0 Å². The fourth-order valence-corrected chi connectivity index (χ4v) is 1.45. The standard InChI is InChI=1S/C12H22/c1-5-8-12(7-3)10-9-11(4)6-2/h6,12H,2,4-5,7-10H2,1,3H3. The van der Waals surface area contributed by atoms with Gasteiger partial charge in [0.2, 0.25) is 0 Å². The van der Waals surface area contributed by atoms with Crippen LogP contribution >= 0.6 is 0 Å². The first-order chi connectivity index (χ1) is 5.74. The molecular formula is C12H22. The van der Waals surface area contributed by atoms with Gasteiger partial charge in [0.1, 0.15) is 0 Å². The zero-order valence-corrected chi connectivity index (χ0v) is 8.60. The van der Waals surface area contributed by atoms with Crippen molar-refractivity contribution >= 4 is 0 Å². The summed E-state index contributed by atoms with van der Waals surface area (Å²) in [6.45, 7) is 12.2. The van der Waals surface area contributed by atoms with E-state index in [0.717, 1.165) is 12.3 Å². The zero-order chi connectivity index (χ0) is 9.40. The lowest BCUT2D eigenvalue weighted by Gasteiger charge is -2.12. The SMILES string of the molecule is C=CC(=C)CCC(CC)CCC. The number of hydrogen-bond donors (Lipinski definition) is 0. The van der Waals surface area contributed by atoms with Crippen molar-refractivity contribution in [2.24, 2.45) is 5.92 Å². The van der Waals surface area contributed by atoms with Gasteiger partial charge in [0.25, 0.3) is 0 Å². The second-order valence-electron chi connectivity index (χ2n) is 3.46. The fourth-order valence-electron chi connectivity index (χ4n) is 1.45. The van der Waals surface area contributed by atoms with Crippen molar-refractivity contribution in [1.82, 2.24) is 0 Å². The summed E-state index contributed by atoms with van der Waals surface area (Å²) < 4.78 is 0. The van der Waals surface area contributed by atoms with Crippen molar-refractivity contribution in [3.05, 3.63) is 24.8 Å². The molecular weight excluding hydrogens is 144 g/mol. The molecule has 0 aromatic heterocycles. The smallest absolute Gasteiger partial charge is 0.0282 e. The van der Waals surface area contributed by atoms with E-state index in [-0.39, 0.29) is 0 Å². The Hall–Kier alpha value is -0.520. The van der Waals surface area contributed by atoms with E-state index in [1.54, 1.807) is 0 Å². The summed E-state index contributed by atoms with van der Waals surface area (Å²) in [5.74, 6) is 0.895. The predicted molar refractivity (Wildman–Crippen MR) is 57.3 cm³/mol. The fraction of sp³-hybridized carbons (Fsp3) is 0.667. The van der Waals surface area contributed by atoms with Gasteiger partial charge in [-0.1, -0.05) is 57.9 Å². The maximum atomic E-state index is 3.92. The Morgan fingerprint density at radius 2 is 2.00 bits per heavy atom. The normalized spacial score (nSPS) is 12.5. The Kier molecular flexibility index (Phi) is 6.84. The Morgan fingerprint density at radius 1 is 1.33 bits per heavy atom. The third-order valence-electron chi connectivity index (χ3n) is 2.44. The molecule has 0 aliphatic heterocycles. The van der Waals surface area contributed by atoms with E-state index in [0.29, 0.717) is 0 Å². The average Bonchev–Trinajstić information content (AvgIpc) is 2.11. The van der Waals surface area contributed by atoms with Crippen molar-refractivity contribution in [3.8, 4) is 0 Å². The second kappa shape index (κ2) is 7.15. The van der Waals surface area contributed by atoms with E-state index in [2.05, 4.69) is 27.0 Å².